The van der Waals surface area contributed by atoms with Crippen LogP contribution in [0.25, 0.3) is 11.0 Å². The zero-order valence-corrected chi connectivity index (χ0v) is 8.56. The van der Waals surface area contributed by atoms with Crippen LogP contribution in [0.4, 0.5) is 0 Å². The smallest absolute Gasteiger partial charge is 0.178 e. The van der Waals surface area contributed by atoms with Crippen molar-refractivity contribution in [1.29, 1.82) is 5.26 Å². The number of imidazole rings is 1. The van der Waals surface area contributed by atoms with Gasteiger partial charge in [0.2, 0.25) is 0 Å². The van der Waals surface area contributed by atoms with E-state index in [2.05, 4.69) is 11.1 Å². The molecule has 1 aromatic heterocycles. The van der Waals surface area contributed by atoms with Crippen LogP contribution in [0, 0.1) is 16.1 Å². The normalized spacial score (nSPS) is 10.3. The van der Waals surface area contributed by atoms with E-state index in [0.717, 1.165) is 17.6 Å². The summed E-state index contributed by atoms with van der Waals surface area (Å²) >= 11 is 5.16. The zero-order valence-electron chi connectivity index (χ0n) is 7.74. The minimum Gasteiger partial charge on any atom is -0.329 e. The van der Waals surface area contributed by atoms with E-state index in [1.165, 1.54) is 0 Å². The number of hydrogen-bond donors (Lipinski definition) is 1. The highest BCUT2D eigenvalue weighted by Crippen LogP contribution is 2.17. The average molecular weight is 203 g/mol. The fourth-order valence-corrected chi connectivity index (χ4v) is 1.92. The number of benzene rings is 1. The van der Waals surface area contributed by atoms with Gasteiger partial charge in [0.15, 0.2) is 4.77 Å². The van der Waals surface area contributed by atoms with Gasteiger partial charge in [-0.25, -0.2) is 0 Å². The average Bonchev–Trinajstić information content (AvgIpc) is 2.52. The van der Waals surface area contributed by atoms with Crippen molar-refractivity contribution in [1.82, 2.24) is 9.55 Å². The predicted molar refractivity (Wildman–Crippen MR) is 57.5 cm³/mol. The van der Waals surface area contributed by atoms with Crippen molar-refractivity contribution < 1.29 is 0 Å². The van der Waals surface area contributed by atoms with E-state index in [9.17, 15) is 0 Å². The number of nitrogens with zero attached hydrogens (tertiary/aromatic N) is 2. The number of rotatable bonds is 1. The molecule has 0 amide bonds. The maximum atomic E-state index is 8.90. The minimum absolute atomic E-state index is 0.640. The highest BCUT2D eigenvalue weighted by Gasteiger charge is 2.05. The first kappa shape index (κ1) is 8.97. The molecular weight excluding hydrogens is 194 g/mol. The fourth-order valence-electron chi connectivity index (χ4n) is 1.59. The quantitative estimate of drug-likeness (QED) is 0.724. The first-order valence-electron chi connectivity index (χ1n) is 4.39. The summed E-state index contributed by atoms with van der Waals surface area (Å²) in [5.74, 6) is 0. The molecule has 0 fully saturated rings. The SMILES string of the molecule is CCn1c(=S)[nH]c2c(C#N)cccc21. The molecule has 0 spiro atoms. The van der Waals surface area contributed by atoms with E-state index < -0.39 is 0 Å². The Hall–Kier alpha value is -1.60. The summed E-state index contributed by atoms with van der Waals surface area (Å²) in [5.41, 5.74) is 2.47. The van der Waals surface area contributed by atoms with E-state index in [1.54, 1.807) is 6.07 Å². The molecule has 14 heavy (non-hydrogen) atoms. The van der Waals surface area contributed by atoms with Gasteiger partial charge >= 0.3 is 0 Å². The third kappa shape index (κ3) is 1.14. The molecule has 1 aromatic carbocycles. The van der Waals surface area contributed by atoms with Crippen LogP contribution >= 0.6 is 12.2 Å². The number of nitrogens with one attached hydrogen (secondary N) is 1. The number of aromatic nitrogens is 2. The molecule has 1 heterocycles. The molecule has 70 valence electrons. The van der Waals surface area contributed by atoms with E-state index in [4.69, 9.17) is 17.5 Å². The lowest BCUT2D eigenvalue weighted by Gasteiger charge is -1.98. The van der Waals surface area contributed by atoms with Gasteiger partial charge in [-0.3, -0.25) is 0 Å². The summed E-state index contributed by atoms with van der Waals surface area (Å²) in [4.78, 5) is 3.05. The summed E-state index contributed by atoms with van der Waals surface area (Å²) in [6, 6.07) is 7.76. The van der Waals surface area contributed by atoms with Crippen LogP contribution in [-0.2, 0) is 6.54 Å². The third-order valence-corrected chi connectivity index (χ3v) is 2.57. The van der Waals surface area contributed by atoms with E-state index >= 15 is 0 Å². The van der Waals surface area contributed by atoms with Crippen LogP contribution in [0.15, 0.2) is 18.2 Å². The Labute approximate surface area is 86.6 Å². The molecular formula is C10H9N3S. The summed E-state index contributed by atoms with van der Waals surface area (Å²) in [6.45, 7) is 2.84. The second-order valence-electron chi connectivity index (χ2n) is 2.99. The van der Waals surface area contributed by atoms with E-state index in [-0.39, 0.29) is 0 Å². The molecule has 0 saturated carbocycles. The molecule has 0 radical (unpaired) electrons. The molecule has 4 heteroatoms. The minimum atomic E-state index is 0.640. The van der Waals surface area contributed by atoms with Crippen LogP contribution in [0.3, 0.4) is 0 Å². The zero-order chi connectivity index (χ0) is 10.1. The second kappa shape index (κ2) is 3.28. The summed E-state index contributed by atoms with van der Waals surface area (Å²) < 4.78 is 2.65. The van der Waals surface area contributed by atoms with Gasteiger partial charge in [0.1, 0.15) is 6.07 Å². The van der Waals surface area contributed by atoms with E-state index in [1.807, 2.05) is 23.6 Å². The number of hydrogen-bond acceptors (Lipinski definition) is 2. The number of nitriles is 1. The largest absolute Gasteiger partial charge is 0.329 e. The van der Waals surface area contributed by atoms with Crippen LogP contribution in [0.2, 0.25) is 0 Å². The van der Waals surface area contributed by atoms with Gasteiger partial charge in [-0.05, 0) is 31.3 Å². The summed E-state index contributed by atoms with van der Waals surface area (Å²) in [7, 11) is 0. The second-order valence-corrected chi connectivity index (χ2v) is 3.37. The van der Waals surface area contributed by atoms with Crippen LogP contribution in [0.5, 0.6) is 0 Å². The van der Waals surface area contributed by atoms with Crippen molar-refractivity contribution in [3.63, 3.8) is 0 Å². The Morgan fingerprint density at radius 1 is 1.57 bits per heavy atom. The van der Waals surface area contributed by atoms with Crippen molar-refractivity contribution >= 4 is 23.3 Å². The standard InChI is InChI=1S/C10H9N3S/c1-2-13-8-5-3-4-7(6-11)9(8)12-10(13)14/h3-5H,2H2,1H3,(H,12,14). The highest BCUT2D eigenvalue weighted by molar-refractivity contribution is 7.71. The lowest BCUT2D eigenvalue weighted by Crippen LogP contribution is -1.92. The van der Waals surface area contributed by atoms with Crippen molar-refractivity contribution in [2.24, 2.45) is 0 Å². The number of H-pyrrole nitrogens is 1. The molecule has 0 aliphatic heterocycles. The van der Waals surface area contributed by atoms with Crippen LogP contribution in [0.1, 0.15) is 12.5 Å². The van der Waals surface area contributed by atoms with Gasteiger partial charge < -0.3 is 9.55 Å². The van der Waals surface area contributed by atoms with Gasteiger partial charge in [-0.2, -0.15) is 5.26 Å². The molecule has 1 N–H and O–H groups in total. The first-order chi connectivity index (χ1) is 6.77. The Balaban J connectivity index is 2.95. The number of aromatic amines is 1. The Kier molecular flexibility index (Phi) is 2.10. The topological polar surface area (TPSA) is 44.5 Å². The fraction of sp³-hybridized carbons (Fsp3) is 0.200. The van der Waals surface area contributed by atoms with Crippen molar-refractivity contribution in [2.45, 2.75) is 13.5 Å². The first-order valence-corrected chi connectivity index (χ1v) is 4.80. The monoisotopic (exact) mass is 203 g/mol. The maximum Gasteiger partial charge on any atom is 0.178 e. The Morgan fingerprint density at radius 3 is 3.00 bits per heavy atom. The maximum absolute atomic E-state index is 8.90. The lowest BCUT2D eigenvalue weighted by atomic mass is 10.2. The predicted octanol–water partition coefficient (Wildman–Crippen LogP) is 2.59. The molecule has 0 aliphatic rings. The number of aryl methyl sites for hydroxylation is 1. The van der Waals surface area contributed by atoms with Gasteiger partial charge in [0.05, 0.1) is 16.6 Å². The van der Waals surface area contributed by atoms with Crippen LogP contribution in [-0.4, -0.2) is 9.55 Å². The lowest BCUT2D eigenvalue weighted by molar-refractivity contribution is 0.774. The Bertz CT molecular complexity index is 571. The van der Waals surface area contributed by atoms with Crippen LogP contribution < -0.4 is 0 Å². The van der Waals surface area contributed by atoms with Gasteiger partial charge in [0.25, 0.3) is 0 Å². The highest BCUT2D eigenvalue weighted by atomic mass is 32.1. The molecule has 0 bridgehead atoms. The van der Waals surface area contributed by atoms with Crippen molar-refractivity contribution in [2.75, 3.05) is 0 Å². The molecule has 2 rings (SSSR count). The molecule has 3 nitrogen and oxygen atoms in total. The van der Waals surface area contributed by atoms with Gasteiger partial charge in [-0.15, -0.1) is 0 Å². The van der Waals surface area contributed by atoms with Crippen molar-refractivity contribution in [3.8, 4) is 6.07 Å². The number of para-hydroxylation sites is 1. The number of fused-ring (bicyclic) bond motifs is 1. The van der Waals surface area contributed by atoms with Gasteiger partial charge in [-0.1, -0.05) is 6.07 Å². The molecule has 2 aromatic rings. The molecule has 0 atom stereocenters. The molecule has 0 unspecified atom stereocenters. The van der Waals surface area contributed by atoms with E-state index in [0.29, 0.717) is 10.3 Å². The summed E-state index contributed by atoms with van der Waals surface area (Å²) in [5, 5.41) is 8.90. The summed E-state index contributed by atoms with van der Waals surface area (Å²) in [6.07, 6.45) is 0. The Morgan fingerprint density at radius 2 is 2.36 bits per heavy atom. The molecule has 0 aliphatic carbocycles. The third-order valence-electron chi connectivity index (χ3n) is 2.25. The van der Waals surface area contributed by atoms with Gasteiger partial charge in [0, 0.05) is 6.54 Å². The van der Waals surface area contributed by atoms with Crippen molar-refractivity contribution in [3.05, 3.63) is 28.5 Å². The molecule has 0 saturated heterocycles.